The van der Waals surface area contributed by atoms with Crippen LogP contribution in [0.5, 0.6) is 17.2 Å². The van der Waals surface area contributed by atoms with Gasteiger partial charge in [-0.05, 0) is 44.2 Å². The Hall–Kier alpha value is -3.13. The zero-order valence-electron chi connectivity index (χ0n) is 17.6. The molecule has 4 rings (SSSR count). The number of rotatable bonds is 8. The first-order valence-corrected chi connectivity index (χ1v) is 11.3. The van der Waals surface area contributed by atoms with Crippen molar-refractivity contribution >= 4 is 23.4 Å². The number of fused-ring (bicyclic) bond motifs is 1. The third-order valence-electron chi connectivity index (χ3n) is 4.77. The fourth-order valence-electron chi connectivity index (χ4n) is 3.38. The maximum atomic E-state index is 12.5. The number of nitrogens with zero attached hydrogens (tertiary/aromatic N) is 2. The molecule has 1 aliphatic rings. The average Bonchev–Trinajstić information content (AvgIpc) is 3.22. The molecule has 0 atom stereocenters. The summed E-state index contributed by atoms with van der Waals surface area (Å²) in [6, 6.07) is 13.3. The number of imidazole rings is 1. The van der Waals surface area contributed by atoms with Gasteiger partial charge in [-0.2, -0.15) is 0 Å². The summed E-state index contributed by atoms with van der Waals surface area (Å²) in [5.74, 6) is 2.31. The maximum Gasteiger partial charge on any atom is 0.234 e. The highest BCUT2D eigenvalue weighted by Gasteiger charge is 2.17. The fraction of sp³-hybridized carbons (Fsp3) is 0.304. The molecular formula is C23H25N3O4S. The zero-order valence-corrected chi connectivity index (χ0v) is 18.4. The molecule has 0 unspecified atom stereocenters. The minimum atomic E-state index is -0.108. The van der Waals surface area contributed by atoms with Crippen LogP contribution in [0, 0.1) is 0 Å². The lowest BCUT2D eigenvalue weighted by Gasteiger charge is -2.19. The van der Waals surface area contributed by atoms with E-state index in [1.165, 1.54) is 11.8 Å². The first-order valence-electron chi connectivity index (χ1n) is 10.3. The molecule has 31 heavy (non-hydrogen) atoms. The molecule has 0 spiro atoms. The SMILES string of the molecule is CCOc1ccccc1NC(=O)CSc1ncc(-c2ccc3c(c2)OCCO3)n1CC. The number of nitrogens with one attached hydrogen (secondary N) is 1. The van der Waals surface area contributed by atoms with Crippen LogP contribution in [-0.2, 0) is 11.3 Å². The van der Waals surface area contributed by atoms with Gasteiger partial charge in [-0.25, -0.2) is 4.98 Å². The standard InChI is InChI=1S/C23H25N3O4S/c1-3-26-18(16-9-10-20-21(13-16)30-12-11-29-20)14-24-23(26)31-15-22(27)25-17-7-5-6-8-19(17)28-4-2/h5-10,13-14H,3-4,11-12,15H2,1-2H3,(H,25,27). The predicted molar refractivity (Wildman–Crippen MR) is 121 cm³/mol. The van der Waals surface area contributed by atoms with Crippen LogP contribution in [0.3, 0.4) is 0 Å². The lowest BCUT2D eigenvalue weighted by molar-refractivity contribution is -0.113. The summed E-state index contributed by atoms with van der Waals surface area (Å²) in [6.07, 6.45) is 1.83. The van der Waals surface area contributed by atoms with Crippen LogP contribution < -0.4 is 19.5 Å². The van der Waals surface area contributed by atoms with E-state index in [0.29, 0.717) is 31.3 Å². The molecule has 0 bridgehead atoms. The van der Waals surface area contributed by atoms with Gasteiger partial charge in [0.2, 0.25) is 5.91 Å². The second-order valence-electron chi connectivity index (χ2n) is 6.79. The number of hydrogen-bond acceptors (Lipinski definition) is 6. The Labute approximate surface area is 185 Å². The molecule has 162 valence electrons. The number of para-hydroxylation sites is 2. The second kappa shape index (κ2) is 9.78. The van der Waals surface area contributed by atoms with Gasteiger partial charge >= 0.3 is 0 Å². The van der Waals surface area contributed by atoms with E-state index >= 15 is 0 Å². The third kappa shape index (κ3) is 4.80. The Morgan fingerprint density at radius 2 is 1.97 bits per heavy atom. The number of carbonyl (C=O) groups excluding carboxylic acids is 1. The molecule has 1 aromatic heterocycles. The van der Waals surface area contributed by atoms with Gasteiger partial charge in [-0.3, -0.25) is 4.79 Å². The summed E-state index contributed by atoms with van der Waals surface area (Å²) in [4.78, 5) is 17.1. The molecule has 1 N–H and O–H groups in total. The first kappa shape index (κ1) is 21.1. The molecule has 0 radical (unpaired) electrons. The number of anilines is 1. The molecule has 0 fully saturated rings. The van der Waals surface area contributed by atoms with E-state index in [9.17, 15) is 4.79 Å². The average molecular weight is 440 g/mol. The van der Waals surface area contributed by atoms with E-state index in [2.05, 4.69) is 21.8 Å². The van der Waals surface area contributed by atoms with Crippen molar-refractivity contribution < 1.29 is 19.0 Å². The lowest BCUT2D eigenvalue weighted by Crippen LogP contribution is -2.15. The highest BCUT2D eigenvalue weighted by atomic mass is 32.2. The number of carbonyl (C=O) groups is 1. The van der Waals surface area contributed by atoms with Crippen molar-refractivity contribution in [3.05, 3.63) is 48.7 Å². The minimum Gasteiger partial charge on any atom is -0.492 e. The summed E-state index contributed by atoms with van der Waals surface area (Å²) >= 11 is 1.41. The predicted octanol–water partition coefficient (Wildman–Crippen LogP) is 4.47. The van der Waals surface area contributed by atoms with E-state index in [-0.39, 0.29) is 11.7 Å². The molecule has 0 aliphatic carbocycles. The van der Waals surface area contributed by atoms with Gasteiger partial charge in [0.1, 0.15) is 19.0 Å². The number of benzene rings is 2. The van der Waals surface area contributed by atoms with Crippen LogP contribution in [0.1, 0.15) is 13.8 Å². The number of ether oxygens (including phenoxy) is 3. The van der Waals surface area contributed by atoms with Gasteiger partial charge in [0.05, 0.1) is 29.9 Å². The van der Waals surface area contributed by atoms with Crippen molar-refractivity contribution in [1.82, 2.24) is 9.55 Å². The maximum absolute atomic E-state index is 12.5. The molecule has 8 heteroatoms. The smallest absolute Gasteiger partial charge is 0.234 e. The van der Waals surface area contributed by atoms with Crippen LogP contribution in [0.4, 0.5) is 5.69 Å². The van der Waals surface area contributed by atoms with Gasteiger partial charge in [0.25, 0.3) is 0 Å². The fourth-order valence-corrected chi connectivity index (χ4v) is 4.22. The number of aromatic nitrogens is 2. The molecular weight excluding hydrogens is 414 g/mol. The summed E-state index contributed by atoms with van der Waals surface area (Å²) in [7, 11) is 0. The van der Waals surface area contributed by atoms with Crippen LogP contribution >= 0.6 is 11.8 Å². The summed E-state index contributed by atoms with van der Waals surface area (Å²) in [5, 5.41) is 3.72. The quantitative estimate of drug-likeness (QED) is 0.522. The Bertz CT molecular complexity index is 1070. The topological polar surface area (TPSA) is 74.6 Å². The van der Waals surface area contributed by atoms with Gasteiger partial charge in [0, 0.05) is 12.1 Å². The van der Waals surface area contributed by atoms with Crippen LogP contribution in [0.15, 0.2) is 53.8 Å². The highest BCUT2D eigenvalue weighted by molar-refractivity contribution is 7.99. The van der Waals surface area contributed by atoms with Crippen molar-refractivity contribution in [1.29, 1.82) is 0 Å². The summed E-state index contributed by atoms with van der Waals surface area (Å²) in [5.41, 5.74) is 2.65. The lowest BCUT2D eigenvalue weighted by atomic mass is 10.1. The molecule has 1 aliphatic heterocycles. The van der Waals surface area contributed by atoms with Gasteiger partial charge < -0.3 is 24.1 Å². The molecule has 0 saturated heterocycles. The molecule has 2 heterocycles. The van der Waals surface area contributed by atoms with Gasteiger partial charge in [-0.1, -0.05) is 23.9 Å². The van der Waals surface area contributed by atoms with Crippen molar-refractivity contribution in [3.8, 4) is 28.5 Å². The van der Waals surface area contributed by atoms with E-state index in [1.54, 1.807) is 0 Å². The van der Waals surface area contributed by atoms with Gasteiger partial charge in [-0.15, -0.1) is 0 Å². The Balaban J connectivity index is 1.45. The highest BCUT2D eigenvalue weighted by Crippen LogP contribution is 2.35. The normalized spacial score (nSPS) is 12.5. The third-order valence-corrected chi connectivity index (χ3v) is 5.76. The molecule has 1 amide bonds. The molecule has 7 nitrogen and oxygen atoms in total. The Morgan fingerprint density at radius 1 is 1.16 bits per heavy atom. The number of amides is 1. The molecule has 3 aromatic rings. The van der Waals surface area contributed by atoms with Crippen LogP contribution in [0.25, 0.3) is 11.3 Å². The second-order valence-corrected chi connectivity index (χ2v) is 7.74. The Morgan fingerprint density at radius 3 is 2.77 bits per heavy atom. The minimum absolute atomic E-state index is 0.108. The van der Waals surface area contributed by atoms with Crippen LogP contribution in [0.2, 0.25) is 0 Å². The van der Waals surface area contributed by atoms with Crippen molar-refractivity contribution in [2.45, 2.75) is 25.5 Å². The summed E-state index contributed by atoms with van der Waals surface area (Å²) < 4.78 is 19.0. The van der Waals surface area contributed by atoms with E-state index in [0.717, 1.165) is 34.5 Å². The molecule has 0 saturated carbocycles. The summed E-state index contributed by atoms with van der Waals surface area (Å²) in [6.45, 7) is 6.37. The molecule has 2 aromatic carbocycles. The van der Waals surface area contributed by atoms with Crippen LogP contribution in [-0.4, -0.2) is 41.0 Å². The van der Waals surface area contributed by atoms with Crippen molar-refractivity contribution in [3.63, 3.8) is 0 Å². The number of thioether (sulfide) groups is 1. The zero-order chi connectivity index (χ0) is 21.6. The largest absolute Gasteiger partial charge is 0.492 e. The van der Waals surface area contributed by atoms with E-state index in [4.69, 9.17) is 14.2 Å². The van der Waals surface area contributed by atoms with Crippen molar-refractivity contribution in [2.75, 3.05) is 30.9 Å². The van der Waals surface area contributed by atoms with E-state index < -0.39 is 0 Å². The van der Waals surface area contributed by atoms with Gasteiger partial charge in [0.15, 0.2) is 16.7 Å². The number of hydrogen-bond donors (Lipinski definition) is 1. The van der Waals surface area contributed by atoms with E-state index in [1.807, 2.05) is 55.6 Å². The Kier molecular flexibility index (Phi) is 6.66. The monoisotopic (exact) mass is 439 g/mol. The van der Waals surface area contributed by atoms with Crippen molar-refractivity contribution in [2.24, 2.45) is 0 Å². The first-order chi connectivity index (χ1) is 15.2.